The highest BCUT2D eigenvalue weighted by atomic mass is 28.3. The van der Waals surface area contributed by atoms with E-state index in [9.17, 15) is 0 Å². The summed E-state index contributed by atoms with van der Waals surface area (Å²) in [6.45, 7) is 4.61. The molecule has 0 heterocycles. The molecule has 0 aliphatic rings. The van der Waals surface area contributed by atoms with Crippen LogP contribution >= 0.6 is 0 Å². The summed E-state index contributed by atoms with van der Waals surface area (Å²) in [7, 11) is -1.92. The van der Waals surface area contributed by atoms with Crippen LogP contribution in [-0.2, 0) is 0 Å². The van der Waals surface area contributed by atoms with Crippen molar-refractivity contribution in [3.8, 4) is 22.9 Å². The zero-order valence-corrected chi connectivity index (χ0v) is 18.6. The minimum Gasteiger partial charge on any atom is -0.110 e. The summed E-state index contributed by atoms with van der Waals surface area (Å²) < 4.78 is 0. The van der Waals surface area contributed by atoms with Gasteiger partial charge >= 0.3 is 0 Å². The van der Waals surface area contributed by atoms with Gasteiger partial charge in [0.15, 0.2) is 0 Å². The van der Waals surface area contributed by atoms with Crippen LogP contribution in [0, 0.1) is 22.9 Å². The standard InChI is InChI=1S/C27H34Si/c1-3-4-5-6-7-8-9-16-23-28(2,24-21-26-17-12-10-13-18-26)25-22-27-19-14-11-15-20-27/h10-15,17-20H,3-9,16,23H2,1-2H3. The Kier molecular flexibility index (Phi) is 10.3. The summed E-state index contributed by atoms with van der Waals surface area (Å²) in [6.07, 6.45) is 10.8. The summed E-state index contributed by atoms with van der Waals surface area (Å²) in [6, 6.07) is 21.8. The molecule has 146 valence electrons. The van der Waals surface area contributed by atoms with Crippen molar-refractivity contribution in [1.82, 2.24) is 0 Å². The Morgan fingerprint density at radius 2 is 1.04 bits per heavy atom. The number of unbranched alkanes of at least 4 members (excludes halogenated alkanes) is 7. The third-order valence-corrected chi connectivity index (χ3v) is 7.75. The van der Waals surface area contributed by atoms with E-state index < -0.39 is 8.07 Å². The molecule has 0 radical (unpaired) electrons. The van der Waals surface area contributed by atoms with Crippen LogP contribution in [0.5, 0.6) is 0 Å². The first-order valence-electron chi connectivity index (χ1n) is 10.9. The van der Waals surface area contributed by atoms with E-state index in [1.54, 1.807) is 0 Å². The Morgan fingerprint density at radius 1 is 0.607 bits per heavy atom. The fraction of sp³-hybridized carbons (Fsp3) is 0.407. The van der Waals surface area contributed by atoms with Crippen LogP contribution in [0.15, 0.2) is 60.7 Å². The van der Waals surface area contributed by atoms with Crippen LogP contribution in [0.1, 0.15) is 69.4 Å². The van der Waals surface area contributed by atoms with Crippen molar-refractivity contribution in [1.29, 1.82) is 0 Å². The van der Waals surface area contributed by atoms with Gasteiger partial charge in [0.05, 0.1) is 0 Å². The molecule has 0 spiro atoms. The molecule has 0 aliphatic heterocycles. The van der Waals surface area contributed by atoms with Gasteiger partial charge in [-0.3, -0.25) is 0 Å². The van der Waals surface area contributed by atoms with E-state index in [-0.39, 0.29) is 0 Å². The second kappa shape index (κ2) is 13.0. The lowest BCUT2D eigenvalue weighted by Crippen LogP contribution is -2.26. The molecule has 0 saturated heterocycles. The predicted octanol–water partition coefficient (Wildman–Crippen LogP) is 7.39. The van der Waals surface area contributed by atoms with Crippen LogP contribution in [0.25, 0.3) is 0 Å². The number of benzene rings is 2. The van der Waals surface area contributed by atoms with Crippen molar-refractivity contribution < 1.29 is 0 Å². The average molecular weight is 387 g/mol. The Hall–Kier alpha value is -2.22. The van der Waals surface area contributed by atoms with E-state index in [1.807, 2.05) is 12.1 Å². The van der Waals surface area contributed by atoms with Gasteiger partial charge in [-0.25, -0.2) is 0 Å². The Labute approximate surface area is 173 Å². The van der Waals surface area contributed by atoms with Crippen molar-refractivity contribution in [2.75, 3.05) is 0 Å². The summed E-state index contributed by atoms with van der Waals surface area (Å²) in [5.41, 5.74) is 9.43. The molecule has 0 nitrogen and oxygen atoms in total. The SMILES string of the molecule is CCCCCCCCCC[Si](C)(C#Cc1ccccc1)C#Cc1ccccc1. The average Bonchev–Trinajstić information content (AvgIpc) is 2.74. The van der Waals surface area contributed by atoms with E-state index in [0.29, 0.717) is 0 Å². The zero-order chi connectivity index (χ0) is 19.9. The fourth-order valence-electron chi connectivity index (χ4n) is 3.23. The quantitative estimate of drug-likeness (QED) is 0.239. The van der Waals surface area contributed by atoms with Crippen molar-refractivity contribution >= 4 is 8.07 Å². The fourth-order valence-corrected chi connectivity index (χ4v) is 5.34. The first kappa shape index (κ1) is 22.1. The number of hydrogen-bond acceptors (Lipinski definition) is 0. The topological polar surface area (TPSA) is 0 Å². The van der Waals surface area contributed by atoms with Crippen LogP contribution in [0.2, 0.25) is 12.6 Å². The molecule has 0 fully saturated rings. The van der Waals surface area contributed by atoms with E-state index >= 15 is 0 Å². The lowest BCUT2D eigenvalue weighted by Gasteiger charge is -2.13. The normalized spacial score (nSPS) is 10.5. The van der Waals surface area contributed by atoms with Gasteiger partial charge in [-0.1, -0.05) is 107 Å². The van der Waals surface area contributed by atoms with Gasteiger partial charge in [-0.2, -0.15) is 0 Å². The van der Waals surface area contributed by atoms with E-state index in [1.165, 1.54) is 57.4 Å². The lowest BCUT2D eigenvalue weighted by atomic mass is 10.1. The van der Waals surface area contributed by atoms with Crippen molar-refractivity contribution in [2.45, 2.75) is 70.9 Å². The van der Waals surface area contributed by atoms with Crippen LogP contribution in [0.4, 0.5) is 0 Å². The Balaban J connectivity index is 1.96. The van der Waals surface area contributed by atoms with Gasteiger partial charge < -0.3 is 0 Å². The van der Waals surface area contributed by atoms with Gasteiger partial charge in [0, 0.05) is 11.1 Å². The molecule has 28 heavy (non-hydrogen) atoms. The first-order chi connectivity index (χ1) is 13.7. The number of hydrogen-bond donors (Lipinski definition) is 0. The lowest BCUT2D eigenvalue weighted by molar-refractivity contribution is 0.584. The Morgan fingerprint density at radius 3 is 1.50 bits per heavy atom. The third-order valence-electron chi connectivity index (χ3n) is 5.04. The van der Waals surface area contributed by atoms with Gasteiger partial charge in [-0.15, -0.1) is 11.1 Å². The summed E-state index contributed by atoms with van der Waals surface area (Å²) in [5.74, 6) is 6.81. The molecule has 2 aromatic rings. The molecular formula is C27H34Si. The van der Waals surface area contributed by atoms with Crippen molar-refractivity contribution in [2.24, 2.45) is 0 Å². The molecule has 0 saturated carbocycles. The molecule has 0 aromatic heterocycles. The summed E-state index contributed by atoms with van der Waals surface area (Å²) in [5, 5.41) is 0. The second-order valence-electron chi connectivity index (χ2n) is 7.79. The highest BCUT2D eigenvalue weighted by Crippen LogP contribution is 2.16. The van der Waals surface area contributed by atoms with Gasteiger partial charge in [-0.05, 0) is 36.9 Å². The highest BCUT2D eigenvalue weighted by Gasteiger charge is 2.22. The van der Waals surface area contributed by atoms with Gasteiger partial charge in [0.25, 0.3) is 0 Å². The third kappa shape index (κ3) is 9.12. The molecule has 0 amide bonds. The molecule has 0 bridgehead atoms. The maximum absolute atomic E-state index is 3.62. The van der Waals surface area contributed by atoms with Crippen LogP contribution < -0.4 is 0 Å². The Bertz CT molecular complexity index is 727. The van der Waals surface area contributed by atoms with Crippen LogP contribution in [-0.4, -0.2) is 8.07 Å². The minimum atomic E-state index is -1.92. The molecular weight excluding hydrogens is 352 g/mol. The first-order valence-corrected chi connectivity index (χ1v) is 13.6. The van der Waals surface area contributed by atoms with Crippen LogP contribution in [0.3, 0.4) is 0 Å². The van der Waals surface area contributed by atoms with Crippen molar-refractivity contribution in [3.63, 3.8) is 0 Å². The van der Waals surface area contributed by atoms with E-state index in [2.05, 4.69) is 84.9 Å². The van der Waals surface area contributed by atoms with E-state index in [0.717, 1.165) is 11.1 Å². The predicted molar refractivity (Wildman–Crippen MR) is 126 cm³/mol. The summed E-state index contributed by atoms with van der Waals surface area (Å²) in [4.78, 5) is 0. The molecule has 2 rings (SSSR count). The molecule has 0 aliphatic carbocycles. The highest BCUT2D eigenvalue weighted by molar-refractivity contribution is 6.93. The van der Waals surface area contributed by atoms with Gasteiger partial charge in [0.1, 0.15) is 0 Å². The molecule has 2 aromatic carbocycles. The monoisotopic (exact) mass is 386 g/mol. The minimum absolute atomic E-state index is 1.10. The molecule has 1 heteroatoms. The maximum Gasteiger partial charge on any atom is 0.214 e. The van der Waals surface area contributed by atoms with Crippen molar-refractivity contribution in [3.05, 3.63) is 71.8 Å². The van der Waals surface area contributed by atoms with E-state index in [4.69, 9.17) is 0 Å². The molecule has 0 unspecified atom stereocenters. The number of rotatable bonds is 9. The largest absolute Gasteiger partial charge is 0.214 e. The zero-order valence-electron chi connectivity index (χ0n) is 17.6. The second-order valence-corrected chi connectivity index (χ2v) is 11.5. The van der Waals surface area contributed by atoms with Gasteiger partial charge in [0.2, 0.25) is 8.07 Å². The molecule has 0 N–H and O–H groups in total. The smallest absolute Gasteiger partial charge is 0.110 e. The summed E-state index contributed by atoms with van der Waals surface area (Å²) >= 11 is 0. The maximum atomic E-state index is 3.62. The molecule has 0 atom stereocenters.